The first kappa shape index (κ1) is 42.3. The van der Waals surface area contributed by atoms with E-state index in [2.05, 4.69) is 49.8 Å². The van der Waals surface area contributed by atoms with Crippen molar-refractivity contribution in [1.29, 1.82) is 0 Å². The van der Waals surface area contributed by atoms with Crippen LogP contribution in [0.15, 0.2) is 125 Å². The van der Waals surface area contributed by atoms with Crippen molar-refractivity contribution in [3.63, 3.8) is 0 Å². The van der Waals surface area contributed by atoms with Crippen molar-refractivity contribution < 1.29 is 4.74 Å². The van der Waals surface area contributed by atoms with Gasteiger partial charge in [0, 0.05) is 11.1 Å². The smallest absolute Gasteiger partial charge is 0.266 e. The minimum atomic E-state index is -0.132. The van der Waals surface area contributed by atoms with E-state index in [0.717, 1.165) is 50.0 Å². The number of hydrogen-bond acceptors (Lipinski definition) is 3. The maximum absolute atomic E-state index is 13.8. The second-order valence-corrected chi connectivity index (χ2v) is 11.4. The minimum Gasteiger partial charge on any atom is -0.497 e. The number of terminal acetylenes is 1. The Bertz CT molecular complexity index is 2200. The fraction of sp³-hybridized carbons (Fsp3) is 0.250. The highest BCUT2D eigenvalue weighted by atomic mass is 16.5. The molecule has 0 radical (unpaired) electrons. The molecule has 4 heteroatoms. The second-order valence-electron chi connectivity index (χ2n) is 11.4. The number of rotatable bonds is 7. The molecule has 268 valence electrons. The number of aryl methyl sites for hydroxylation is 1. The maximum atomic E-state index is 13.8. The third-order valence-electron chi connectivity index (χ3n) is 7.62. The van der Waals surface area contributed by atoms with Crippen LogP contribution in [0.25, 0.3) is 33.4 Å². The van der Waals surface area contributed by atoms with Crippen LogP contribution in [0, 0.1) is 31.1 Å². The van der Waals surface area contributed by atoms with Gasteiger partial charge in [-0.3, -0.25) is 9.36 Å². The van der Waals surface area contributed by atoms with E-state index >= 15 is 0 Å². The van der Waals surface area contributed by atoms with Crippen molar-refractivity contribution in [2.24, 2.45) is 0 Å². The van der Waals surface area contributed by atoms with Gasteiger partial charge in [-0.15, -0.1) is 6.42 Å². The molecule has 0 aliphatic rings. The molecule has 0 aliphatic carbocycles. The molecule has 0 bridgehead atoms. The Kier molecular flexibility index (Phi) is 18.6. The molecule has 0 saturated carbocycles. The molecule has 4 nitrogen and oxygen atoms in total. The third-order valence-corrected chi connectivity index (χ3v) is 7.62. The van der Waals surface area contributed by atoms with Gasteiger partial charge in [-0.05, 0) is 128 Å². The molecule has 5 aromatic rings. The van der Waals surface area contributed by atoms with Crippen LogP contribution < -0.4 is 10.3 Å². The quantitative estimate of drug-likeness (QED) is 0.0970. The first-order valence-electron chi connectivity index (χ1n) is 18.2. The van der Waals surface area contributed by atoms with Gasteiger partial charge in [-0.2, -0.15) is 0 Å². The molecule has 0 unspecified atom stereocenters. The summed E-state index contributed by atoms with van der Waals surface area (Å²) in [6.07, 6.45) is 19.5. The van der Waals surface area contributed by atoms with Crippen molar-refractivity contribution in [2.45, 2.75) is 75.2 Å². The van der Waals surface area contributed by atoms with Crippen LogP contribution >= 0.6 is 0 Å². The molecule has 0 spiro atoms. The Morgan fingerprint density at radius 1 is 0.827 bits per heavy atom. The monoisotopic (exact) mass is 690 g/mol. The summed E-state index contributed by atoms with van der Waals surface area (Å²) in [5, 5.41) is 2.76. The summed E-state index contributed by atoms with van der Waals surface area (Å²) in [6.45, 7) is 18.3. The predicted octanol–water partition coefficient (Wildman–Crippen LogP) is 12.2. The lowest BCUT2D eigenvalue weighted by molar-refractivity contribution is 0.415. The number of aromatic nitrogens is 2. The number of fused-ring (bicyclic) bond motifs is 2. The number of hydrogen-bond donors (Lipinski definition) is 0. The molecule has 0 aliphatic heterocycles. The van der Waals surface area contributed by atoms with E-state index < -0.39 is 0 Å². The van der Waals surface area contributed by atoms with E-state index in [1.54, 1.807) is 23.8 Å². The summed E-state index contributed by atoms with van der Waals surface area (Å²) in [5.74, 6) is 10.4. The van der Waals surface area contributed by atoms with Crippen molar-refractivity contribution in [2.75, 3.05) is 7.11 Å². The van der Waals surface area contributed by atoms with Gasteiger partial charge >= 0.3 is 0 Å². The lowest BCUT2D eigenvalue weighted by Gasteiger charge is -2.14. The number of benzene rings is 4. The number of ether oxygens (including phenoxy) is 1. The van der Waals surface area contributed by atoms with Crippen LogP contribution in [-0.2, 0) is 0 Å². The molecule has 0 N–H and O–H groups in total. The van der Waals surface area contributed by atoms with Gasteiger partial charge in [0.25, 0.3) is 5.56 Å². The number of allylic oxidation sites excluding steroid dienone is 7. The Labute approximate surface area is 312 Å². The Hall–Kier alpha value is -5.84. The molecule has 4 aromatic carbocycles. The topological polar surface area (TPSA) is 44.1 Å². The third kappa shape index (κ3) is 11.9. The largest absolute Gasteiger partial charge is 0.497 e. The number of para-hydroxylation sites is 1. The van der Waals surface area contributed by atoms with Crippen molar-refractivity contribution in [3.05, 3.63) is 153 Å². The van der Waals surface area contributed by atoms with Gasteiger partial charge in [0.1, 0.15) is 11.6 Å². The van der Waals surface area contributed by atoms with Gasteiger partial charge in [0.05, 0.1) is 23.7 Å². The van der Waals surface area contributed by atoms with Crippen LogP contribution in [0.4, 0.5) is 0 Å². The molecule has 0 atom stereocenters. The molecular formula is C48H54N2O2. The van der Waals surface area contributed by atoms with E-state index in [9.17, 15) is 4.79 Å². The van der Waals surface area contributed by atoms with Crippen LogP contribution in [0.5, 0.6) is 5.75 Å². The molecule has 0 fully saturated rings. The molecule has 0 saturated heterocycles. The summed E-state index contributed by atoms with van der Waals surface area (Å²) in [7, 11) is 1.67. The van der Waals surface area contributed by atoms with Crippen LogP contribution in [-0.4, -0.2) is 16.7 Å². The summed E-state index contributed by atoms with van der Waals surface area (Å²) in [6, 6.07) is 25.4. The number of methoxy groups -OCH3 is 1. The average molecular weight is 691 g/mol. The number of nitrogens with zero attached hydrogens (tertiary/aromatic N) is 2. The molecule has 1 aromatic heterocycles. The van der Waals surface area contributed by atoms with Gasteiger partial charge in [-0.1, -0.05) is 107 Å². The first-order chi connectivity index (χ1) is 25.3. The summed E-state index contributed by atoms with van der Waals surface area (Å²) < 4.78 is 6.99. The summed E-state index contributed by atoms with van der Waals surface area (Å²) in [5.41, 5.74) is 6.01. The minimum absolute atomic E-state index is 0.132. The van der Waals surface area contributed by atoms with Crippen molar-refractivity contribution >= 4 is 27.8 Å². The van der Waals surface area contributed by atoms with Crippen molar-refractivity contribution in [1.82, 2.24) is 9.55 Å². The highest BCUT2D eigenvalue weighted by Crippen LogP contribution is 2.23. The second kappa shape index (κ2) is 22.8. The first-order valence-corrected chi connectivity index (χ1v) is 18.2. The van der Waals surface area contributed by atoms with Crippen LogP contribution in [0.3, 0.4) is 0 Å². The Morgan fingerprint density at radius 3 is 2.06 bits per heavy atom. The van der Waals surface area contributed by atoms with Crippen LogP contribution in [0.1, 0.15) is 90.7 Å². The van der Waals surface area contributed by atoms with E-state index in [1.165, 1.54) is 12.8 Å². The molecular weight excluding hydrogens is 637 g/mol. The lowest BCUT2D eigenvalue weighted by Crippen LogP contribution is -2.23. The SMILES string of the molecule is C#C/C=C\C(/C=C/c1nc2ccccc2c(=O)n1-c1ccc(C#Cc2ccc3cc(OC)ccc3c2)cc1C)=C(C)C.CC.CC.CC/C=C\CC. The van der Waals surface area contributed by atoms with E-state index in [1.807, 2.05) is 133 Å². The van der Waals surface area contributed by atoms with E-state index in [0.29, 0.717) is 16.7 Å². The normalized spacial score (nSPS) is 10.3. The zero-order valence-corrected chi connectivity index (χ0v) is 32.7. The van der Waals surface area contributed by atoms with E-state index in [4.69, 9.17) is 16.1 Å². The fourth-order valence-electron chi connectivity index (χ4n) is 5.08. The predicted molar refractivity (Wildman–Crippen MR) is 226 cm³/mol. The molecule has 5 rings (SSSR count). The average Bonchev–Trinajstić information content (AvgIpc) is 3.18. The van der Waals surface area contributed by atoms with Gasteiger partial charge in [-0.25, -0.2) is 4.98 Å². The Morgan fingerprint density at radius 2 is 1.44 bits per heavy atom. The molecule has 52 heavy (non-hydrogen) atoms. The summed E-state index contributed by atoms with van der Waals surface area (Å²) >= 11 is 0. The highest BCUT2D eigenvalue weighted by molar-refractivity contribution is 5.85. The van der Waals surface area contributed by atoms with Crippen molar-refractivity contribution in [3.8, 4) is 35.6 Å². The highest BCUT2D eigenvalue weighted by Gasteiger charge is 2.13. The standard InChI is InChI=1S/C38H30N2O2.C6H12.2C2H6/c1-6-7-10-30(26(2)3)19-22-37-39-35-12-9-8-11-34(35)38(41)40(37)36-21-16-28(23-27(36)4)13-14-29-15-17-32-25-33(42-5)20-18-31(32)24-29;1-3-5-6-4-2;2*1-2/h1,7-12,15-25H,2-5H3;5-6H,3-4H2,1-2H3;2*1-2H3/b10-7-,22-19+;6-5-;;. The Balaban J connectivity index is 0.000000839. The van der Waals surface area contributed by atoms with Gasteiger partial charge in [0.2, 0.25) is 0 Å². The zero-order chi connectivity index (χ0) is 38.5. The summed E-state index contributed by atoms with van der Waals surface area (Å²) in [4.78, 5) is 18.6. The maximum Gasteiger partial charge on any atom is 0.266 e. The van der Waals surface area contributed by atoms with Gasteiger partial charge < -0.3 is 4.74 Å². The molecule has 1 heterocycles. The van der Waals surface area contributed by atoms with E-state index in [-0.39, 0.29) is 5.56 Å². The van der Waals surface area contributed by atoms with Gasteiger partial charge in [0.15, 0.2) is 0 Å². The fourth-order valence-corrected chi connectivity index (χ4v) is 5.08. The zero-order valence-electron chi connectivity index (χ0n) is 32.7. The molecule has 0 amide bonds. The van der Waals surface area contributed by atoms with Crippen LogP contribution in [0.2, 0.25) is 0 Å². The lowest BCUT2D eigenvalue weighted by atomic mass is 10.1.